The Balaban J connectivity index is 1.06. The molecule has 61 heavy (non-hydrogen) atoms. The maximum absolute atomic E-state index is 6.99. The van der Waals surface area contributed by atoms with Crippen LogP contribution in [-0.4, -0.2) is 4.57 Å². The molecule has 0 aliphatic rings. The summed E-state index contributed by atoms with van der Waals surface area (Å²) in [6.45, 7) is 0. The molecule has 3 aromatic heterocycles. The zero-order valence-electron chi connectivity index (χ0n) is 33.0. The predicted octanol–water partition coefficient (Wildman–Crippen LogP) is 16.4. The van der Waals surface area contributed by atoms with Crippen LogP contribution in [0.25, 0.3) is 127 Å². The van der Waals surface area contributed by atoms with Gasteiger partial charge in [-0.05, 0) is 97.9 Å². The molecule has 0 aliphatic heterocycles. The molecular weight excluding hydrogens is 743 g/mol. The first kappa shape index (κ1) is 33.8. The number of nitrogens with zero attached hydrogens (tertiary/aromatic N) is 1. The summed E-state index contributed by atoms with van der Waals surface area (Å²) in [5, 5.41) is 10.4. The first-order valence-corrected chi connectivity index (χ1v) is 20.8. The van der Waals surface area contributed by atoms with Gasteiger partial charge in [-0.1, -0.05) is 164 Å². The fourth-order valence-corrected chi connectivity index (χ4v) is 9.99. The van der Waals surface area contributed by atoms with Crippen molar-refractivity contribution in [2.75, 3.05) is 0 Å². The number of para-hydroxylation sites is 2. The van der Waals surface area contributed by atoms with Crippen molar-refractivity contribution < 1.29 is 8.83 Å². The zero-order chi connectivity index (χ0) is 40.0. The highest BCUT2D eigenvalue weighted by molar-refractivity contribution is 6.25. The highest BCUT2D eigenvalue weighted by atomic mass is 16.3. The number of benzene rings is 10. The molecule has 284 valence electrons. The van der Waals surface area contributed by atoms with E-state index in [9.17, 15) is 0 Å². The first-order valence-electron chi connectivity index (χ1n) is 20.8. The molecule has 0 saturated carbocycles. The zero-order valence-corrected chi connectivity index (χ0v) is 33.0. The molecule has 0 radical (unpaired) electrons. The summed E-state index contributed by atoms with van der Waals surface area (Å²) in [7, 11) is 0. The van der Waals surface area contributed by atoms with E-state index in [1.165, 1.54) is 60.0 Å². The van der Waals surface area contributed by atoms with Crippen molar-refractivity contribution in [3.63, 3.8) is 0 Å². The average molecular weight is 778 g/mol. The van der Waals surface area contributed by atoms with E-state index in [1.54, 1.807) is 0 Å². The molecule has 0 spiro atoms. The molecule has 0 unspecified atom stereocenters. The minimum atomic E-state index is 0.806. The Hall–Kier alpha value is -8.14. The number of fused-ring (bicyclic) bond motifs is 10. The average Bonchev–Trinajstić information content (AvgIpc) is 4.01. The van der Waals surface area contributed by atoms with Crippen molar-refractivity contribution in [3.8, 4) is 50.4 Å². The van der Waals surface area contributed by atoms with Crippen LogP contribution >= 0.6 is 0 Å². The van der Waals surface area contributed by atoms with Gasteiger partial charge in [0, 0.05) is 38.4 Å². The lowest BCUT2D eigenvalue weighted by Crippen LogP contribution is -1.94. The molecular formula is C58H35NO2. The molecule has 0 atom stereocenters. The number of hydrogen-bond acceptors (Lipinski definition) is 2. The maximum Gasteiger partial charge on any atom is 0.147 e. The van der Waals surface area contributed by atoms with Crippen molar-refractivity contribution in [1.29, 1.82) is 0 Å². The second-order valence-corrected chi connectivity index (χ2v) is 15.9. The lowest BCUT2D eigenvalue weighted by atomic mass is 9.85. The molecule has 0 saturated heterocycles. The summed E-state index contributed by atoms with van der Waals surface area (Å²) in [6, 6.07) is 76.1. The van der Waals surface area contributed by atoms with Gasteiger partial charge in [-0.3, -0.25) is 0 Å². The number of furan rings is 2. The van der Waals surface area contributed by atoms with Crippen LogP contribution in [0.1, 0.15) is 0 Å². The van der Waals surface area contributed by atoms with Gasteiger partial charge in [-0.2, -0.15) is 0 Å². The van der Waals surface area contributed by atoms with Gasteiger partial charge in [-0.15, -0.1) is 0 Å². The number of aromatic nitrogens is 1. The minimum Gasteiger partial charge on any atom is -0.456 e. The third-order valence-electron chi connectivity index (χ3n) is 12.6. The highest BCUT2D eigenvalue weighted by Gasteiger charge is 2.24. The molecule has 13 aromatic rings. The summed E-state index contributed by atoms with van der Waals surface area (Å²) in [4.78, 5) is 0. The van der Waals surface area contributed by atoms with E-state index >= 15 is 0 Å². The van der Waals surface area contributed by atoms with Crippen molar-refractivity contribution >= 4 is 76.3 Å². The highest BCUT2D eigenvalue weighted by Crippen LogP contribution is 2.48. The first-order chi connectivity index (χ1) is 30.3. The molecule has 13 rings (SSSR count). The Labute approximate surface area is 350 Å². The van der Waals surface area contributed by atoms with Crippen LogP contribution in [0.15, 0.2) is 221 Å². The van der Waals surface area contributed by atoms with Gasteiger partial charge in [0.1, 0.15) is 22.5 Å². The van der Waals surface area contributed by atoms with E-state index in [4.69, 9.17) is 8.83 Å². The van der Waals surface area contributed by atoms with Crippen LogP contribution in [-0.2, 0) is 0 Å². The molecule has 3 heterocycles. The van der Waals surface area contributed by atoms with Gasteiger partial charge in [-0.25, -0.2) is 0 Å². The van der Waals surface area contributed by atoms with Crippen molar-refractivity contribution in [2.45, 2.75) is 0 Å². The van der Waals surface area contributed by atoms with E-state index in [2.05, 4.69) is 211 Å². The topological polar surface area (TPSA) is 31.2 Å². The molecule has 0 aliphatic carbocycles. The van der Waals surface area contributed by atoms with Crippen LogP contribution in [0, 0.1) is 0 Å². The van der Waals surface area contributed by atoms with Crippen molar-refractivity contribution in [1.82, 2.24) is 4.57 Å². The van der Waals surface area contributed by atoms with Gasteiger partial charge in [0.05, 0.1) is 16.4 Å². The number of rotatable bonds is 5. The van der Waals surface area contributed by atoms with Gasteiger partial charge in [0.15, 0.2) is 0 Å². The van der Waals surface area contributed by atoms with Gasteiger partial charge < -0.3 is 13.4 Å². The molecule has 10 aromatic carbocycles. The Morgan fingerprint density at radius 3 is 1.48 bits per heavy atom. The fourth-order valence-electron chi connectivity index (χ4n) is 9.99. The summed E-state index contributed by atoms with van der Waals surface area (Å²) in [5.74, 6) is 0.856. The fraction of sp³-hybridized carbons (Fsp3) is 0. The van der Waals surface area contributed by atoms with Gasteiger partial charge >= 0.3 is 0 Å². The lowest BCUT2D eigenvalue weighted by molar-refractivity contribution is 0.634. The molecule has 3 heteroatoms. The molecule has 0 bridgehead atoms. The predicted molar refractivity (Wildman–Crippen MR) is 255 cm³/mol. The van der Waals surface area contributed by atoms with Gasteiger partial charge in [0.2, 0.25) is 0 Å². The minimum absolute atomic E-state index is 0.806. The van der Waals surface area contributed by atoms with E-state index in [0.717, 1.165) is 66.6 Å². The van der Waals surface area contributed by atoms with Crippen molar-refractivity contribution in [3.05, 3.63) is 212 Å². The molecule has 3 nitrogen and oxygen atoms in total. The number of hydrogen-bond donors (Lipinski definition) is 0. The van der Waals surface area contributed by atoms with E-state index in [1.807, 2.05) is 6.07 Å². The molecule has 0 amide bonds. The summed E-state index contributed by atoms with van der Waals surface area (Å²) < 4.78 is 16.0. The summed E-state index contributed by atoms with van der Waals surface area (Å²) in [6.07, 6.45) is 0. The maximum atomic E-state index is 6.99. The second kappa shape index (κ2) is 13.2. The Morgan fingerprint density at radius 2 is 0.803 bits per heavy atom. The second-order valence-electron chi connectivity index (χ2n) is 15.9. The van der Waals surface area contributed by atoms with Gasteiger partial charge in [0.25, 0.3) is 0 Å². The van der Waals surface area contributed by atoms with Crippen LogP contribution in [0.3, 0.4) is 0 Å². The summed E-state index contributed by atoms with van der Waals surface area (Å²) >= 11 is 0. The van der Waals surface area contributed by atoms with Crippen LogP contribution in [0.4, 0.5) is 0 Å². The third-order valence-corrected chi connectivity index (χ3v) is 12.6. The van der Waals surface area contributed by atoms with E-state index in [0.29, 0.717) is 0 Å². The van der Waals surface area contributed by atoms with Crippen molar-refractivity contribution in [2.24, 2.45) is 0 Å². The monoisotopic (exact) mass is 777 g/mol. The Kier molecular flexibility index (Phi) is 7.31. The lowest BCUT2D eigenvalue weighted by Gasteiger charge is -2.18. The summed E-state index contributed by atoms with van der Waals surface area (Å²) in [5.41, 5.74) is 14.0. The Bertz CT molecular complexity index is 3800. The van der Waals surface area contributed by atoms with E-state index < -0.39 is 0 Å². The SMILES string of the molecule is c1ccc(-c2oc3c(ccc4oc5ccc(-c6c7ccccc7c(-c7ccc8c9ccccc9n(-c9ccccc9)c8c7)c7ccccc67)cc5c43)c2-c2ccccc2)cc1. The largest absolute Gasteiger partial charge is 0.456 e. The molecule has 0 N–H and O–H groups in total. The Morgan fingerprint density at radius 1 is 0.295 bits per heavy atom. The smallest absolute Gasteiger partial charge is 0.147 e. The van der Waals surface area contributed by atoms with Crippen LogP contribution in [0.5, 0.6) is 0 Å². The quantitative estimate of drug-likeness (QED) is 0.163. The third kappa shape index (κ3) is 5.04. The van der Waals surface area contributed by atoms with E-state index in [-0.39, 0.29) is 0 Å². The van der Waals surface area contributed by atoms with Crippen LogP contribution < -0.4 is 0 Å². The van der Waals surface area contributed by atoms with Crippen LogP contribution in [0.2, 0.25) is 0 Å². The molecule has 0 fully saturated rings. The normalized spacial score (nSPS) is 11.9. The standard InChI is InChI=1S/C58H35NO2/c1-4-16-36(17-5-1)55-47-31-33-52-56(58(47)61-57(55)37-18-6-2-7-19-37)48-34-38(29-32-51(48)60-52)53-43-23-10-12-25-45(43)54(46-26-13-11-24-44(46)53)39-28-30-42-41-22-14-15-27-49(41)59(50(42)35-39)40-20-8-3-9-21-40/h1-35H.